The summed E-state index contributed by atoms with van der Waals surface area (Å²) >= 11 is 1.47. The first-order chi connectivity index (χ1) is 46.7. The maximum Gasteiger partial charge on any atom is 0.325 e. The Labute approximate surface area is 589 Å². The highest BCUT2D eigenvalue weighted by Crippen LogP contribution is 2.15. The first-order valence-corrected chi connectivity index (χ1v) is 35.0. The second kappa shape index (κ2) is 45.7. The van der Waals surface area contributed by atoms with Gasteiger partial charge >= 0.3 is 5.97 Å². The molecule has 13 atom stereocenters. The van der Waals surface area contributed by atoms with Gasteiger partial charge in [0.2, 0.25) is 88.6 Å². The molecule has 34 heteroatoms. The summed E-state index contributed by atoms with van der Waals surface area (Å²) in [6.45, 7) is 20.0. The highest BCUT2D eigenvalue weighted by Gasteiger charge is 2.37. The monoisotopic (exact) mass is 1430 g/mol. The number of rotatable bonds is 47. The molecule has 100 heavy (non-hydrogen) atoms. The number of carboxylic acids is 1. The highest BCUT2D eigenvalue weighted by molar-refractivity contribution is 7.98. The zero-order valence-corrected chi connectivity index (χ0v) is 60.8. The fourth-order valence-corrected chi connectivity index (χ4v) is 10.3. The van der Waals surface area contributed by atoms with Gasteiger partial charge in [-0.3, -0.25) is 76.7 Å². The molecule has 0 heterocycles. The van der Waals surface area contributed by atoms with Crippen LogP contribution in [0.4, 0.5) is 0 Å². The van der Waals surface area contributed by atoms with E-state index in [1.54, 1.807) is 85.7 Å². The number of nitrogens with one attached hydrogen (secondary N) is 13. The van der Waals surface area contributed by atoms with Gasteiger partial charge in [0.1, 0.15) is 66.5 Å². The molecular formula is C66H110N16O17S. The SMILES string of the molecule is CC[C@H](C)[C@H](NC(=O)[C@H](Cc1ccccc1)NC(=O)CNC(=O)[C@H](CC(C)C)NC(=O)[C@H](CC(C)C)NC(=O)[C@H](CCC(N)=O)NC(=O)[C@H](CC(C)C)NC(=O)CNC(=O)[C@H](C)NC(=O)[C@H](CC(N)=O)NC(=O)[C@H](C)NC(=O)[C@@H](N)CCSC)C(=O)N[C@@H](CC(C)C)C(=O)N[C@@H](C)C(=O)O. The Hall–Kier alpha value is -8.95. The fourth-order valence-electron chi connectivity index (χ4n) is 9.79. The molecule has 0 unspecified atom stereocenters. The number of aliphatic carboxylic acids is 1. The molecule has 0 fully saturated rings. The van der Waals surface area contributed by atoms with Crippen LogP contribution in [0.5, 0.6) is 0 Å². The number of amides is 15. The van der Waals surface area contributed by atoms with Crippen LogP contribution in [-0.4, -0.2) is 197 Å². The Morgan fingerprint density at radius 1 is 0.420 bits per heavy atom. The molecule has 0 spiro atoms. The number of thioether (sulfide) groups is 1. The maximum absolute atomic E-state index is 14.3. The average Bonchev–Trinajstić information content (AvgIpc) is 0.859. The van der Waals surface area contributed by atoms with E-state index in [0.717, 1.165) is 0 Å². The standard InChI is InChI=1S/C66H110N16O17S/c1-15-37(10)54(65(97)81-46(27-35(6)7)60(92)74-40(13)66(98)99)82-64(96)48(29-41-19-17-16-18-20-41)76-53(86)32-71-58(90)44(25-33(2)3)79-63(95)47(28-36(8)9)80-59(91)43(21-22-50(68)83)77-62(94)45(26-34(4)5)75-52(85)31-70-55(87)38(11)73-61(93)49(30-51(69)84)78-56(88)39(12)72-57(89)42(67)23-24-100-14/h16-20,33-40,42-49,54H,15,21-32,67H2,1-14H3,(H2,68,83)(H2,69,84)(H,70,87)(H,71,90)(H,72,89)(H,73,93)(H,74,92)(H,75,85)(H,76,86)(H,77,94)(H,78,88)(H,79,95)(H,80,91)(H,81,97)(H,82,96)(H,98,99)/t37-,38-,39-,40-,42-,43-,44-,45-,46-,47-,48-,49-,54-/m0/s1. The van der Waals surface area contributed by atoms with Crippen LogP contribution in [0.25, 0.3) is 0 Å². The quantitative estimate of drug-likeness (QED) is 0.0318. The lowest BCUT2D eigenvalue weighted by Gasteiger charge is -2.29. The third kappa shape index (κ3) is 35.2. The molecule has 33 nitrogen and oxygen atoms in total. The third-order valence-electron chi connectivity index (χ3n) is 15.5. The van der Waals surface area contributed by atoms with E-state index in [1.807, 2.05) is 20.1 Å². The van der Waals surface area contributed by atoms with Crippen LogP contribution in [0.3, 0.4) is 0 Å². The average molecular weight is 1430 g/mol. The number of primary amides is 2. The lowest BCUT2D eigenvalue weighted by molar-refractivity contribution is -0.142. The summed E-state index contributed by atoms with van der Waals surface area (Å²) < 4.78 is 0. The molecule has 0 aliphatic heterocycles. The van der Waals surface area contributed by atoms with Crippen molar-refractivity contribution in [2.24, 2.45) is 46.8 Å². The Kier molecular flexibility index (Phi) is 40.7. The van der Waals surface area contributed by atoms with Gasteiger partial charge in [-0.15, -0.1) is 0 Å². The van der Waals surface area contributed by atoms with Crippen molar-refractivity contribution in [3.05, 3.63) is 35.9 Å². The number of carbonyl (C=O) groups excluding carboxylic acids is 15. The molecule has 20 N–H and O–H groups in total. The number of carboxylic acid groups (broad SMARTS) is 1. The van der Waals surface area contributed by atoms with E-state index in [1.165, 1.54) is 32.5 Å². The Morgan fingerprint density at radius 2 is 0.810 bits per heavy atom. The van der Waals surface area contributed by atoms with Crippen molar-refractivity contribution in [2.75, 3.05) is 25.1 Å². The first kappa shape index (κ1) is 89.1. The molecule has 0 bridgehead atoms. The fraction of sp³-hybridized carbons (Fsp3) is 0.667. The predicted octanol–water partition coefficient (Wildman–Crippen LogP) is -2.61. The number of hydrogen-bond acceptors (Lipinski definition) is 18. The van der Waals surface area contributed by atoms with Crippen LogP contribution in [0, 0.1) is 29.6 Å². The van der Waals surface area contributed by atoms with Crippen LogP contribution >= 0.6 is 11.8 Å². The lowest BCUT2D eigenvalue weighted by atomic mass is 9.96. The van der Waals surface area contributed by atoms with Crippen LogP contribution in [-0.2, 0) is 83.1 Å². The predicted molar refractivity (Wildman–Crippen MR) is 373 cm³/mol. The minimum Gasteiger partial charge on any atom is -0.480 e. The van der Waals surface area contributed by atoms with Crippen molar-refractivity contribution < 1.29 is 81.8 Å². The van der Waals surface area contributed by atoms with E-state index in [-0.39, 0.29) is 62.2 Å². The molecule has 1 aromatic rings. The van der Waals surface area contributed by atoms with Crippen LogP contribution in [0.15, 0.2) is 30.3 Å². The Morgan fingerprint density at radius 3 is 1.28 bits per heavy atom. The number of carbonyl (C=O) groups is 16. The summed E-state index contributed by atoms with van der Waals surface area (Å²) in [5.41, 5.74) is 17.3. The van der Waals surface area contributed by atoms with Crippen molar-refractivity contribution >= 4 is 106 Å². The van der Waals surface area contributed by atoms with Crippen LogP contribution < -0.4 is 86.3 Å². The van der Waals surface area contributed by atoms with Crippen LogP contribution in [0.2, 0.25) is 0 Å². The van der Waals surface area contributed by atoms with Gasteiger partial charge in [-0.2, -0.15) is 11.8 Å². The summed E-state index contributed by atoms with van der Waals surface area (Å²) in [5, 5.41) is 42.1. The van der Waals surface area contributed by atoms with E-state index in [9.17, 15) is 81.8 Å². The Balaban J connectivity index is 3.35. The van der Waals surface area contributed by atoms with Gasteiger partial charge in [0.05, 0.1) is 25.6 Å². The van der Waals surface area contributed by atoms with Crippen molar-refractivity contribution in [3.63, 3.8) is 0 Å². The minimum absolute atomic E-state index is 0.0175. The molecule has 0 radical (unpaired) electrons. The molecular weight excluding hydrogens is 1320 g/mol. The van der Waals surface area contributed by atoms with Gasteiger partial charge in [-0.05, 0) is 106 Å². The summed E-state index contributed by atoms with van der Waals surface area (Å²) in [6.07, 6.45) is 1.08. The largest absolute Gasteiger partial charge is 0.480 e. The van der Waals surface area contributed by atoms with Crippen molar-refractivity contribution in [3.8, 4) is 0 Å². The third-order valence-corrected chi connectivity index (χ3v) is 16.2. The summed E-state index contributed by atoms with van der Waals surface area (Å²) in [6, 6.07) is -7.08. The molecule has 1 aromatic carbocycles. The zero-order valence-electron chi connectivity index (χ0n) is 60.0. The van der Waals surface area contributed by atoms with E-state index in [0.29, 0.717) is 24.2 Å². The molecule has 562 valence electrons. The van der Waals surface area contributed by atoms with Crippen LogP contribution in [0.1, 0.15) is 153 Å². The maximum atomic E-state index is 14.3. The minimum atomic E-state index is -1.59. The van der Waals surface area contributed by atoms with E-state index in [4.69, 9.17) is 17.2 Å². The summed E-state index contributed by atoms with van der Waals surface area (Å²) in [5.74, 6) is -14.9. The Bertz CT molecular complexity index is 2960. The van der Waals surface area contributed by atoms with Crippen molar-refractivity contribution in [1.29, 1.82) is 0 Å². The van der Waals surface area contributed by atoms with E-state index in [2.05, 4.69) is 69.1 Å². The lowest BCUT2D eigenvalue weighted by Crippen LogP contribution is -2.60. The van der Waals surface area contributed by atoms with Gasteiger partial charge in [0.25, 0.3) is 0 Å². The van der Waals surface area contributed by atoms with Gasteiger partial charge in [-0.25, -0.2) is 0 Å². The molecule has 1 rings (SSSR count). The molecule has 0 aromatic heterocycles. The smallest absolute Gasteiger partial charge is 0.325 e. The summed E-state index contributed by atoms with van der Waals surface area (Å²) in [7, 11) is 0. The molecule has 0 saturated heterocycles. The van der Waals surface area contributed by atoms with E-state index >= 15 is 0 Å². The number of nitrogens with two attached hydrogens (primary N) is 3. The zero-order chi connectivity index (χ0) is 76.3. The van der Waals surface area contributed by atoms with Crippen molar-refractivity contribution in [1.82, 2.24) is 69.1 Å². The molecule has 0 aliphatic rings. The van der Waals surface area contributed by atoms with Gasteiger partial charge in [0, 0.05) is 12.8 Å². The second-order valence-electron chi connectivity index (χ2n) is 26.7. The normalized spacial score (nSPS) is 15.1. The topological polar surface area (TPSA) is 528 Å². The number of benzene rings is 1. The van der Waals surface area contributed by atoms with E-state index < -0.39 is 199 Å². The second-order valence-corrected chi connectivity index (χ2v) is 27.6. The van der Waals surface area contributed by atoms with Gasteiger partial charge < -0.3 is 91.4 Å². The highest BCUT2D eigenvalue weighted by atomic mass is 32.2. The molecule has 0 saturated carbocycles. The summed E-state index contributed by atoms with van der Waals surface area (Å²) in [4.78, 5) is 213. The number of hydrogen-bond donors (Lipinski definition) is 17. The van der Waals surface area contributed by atoms with Gasteiger partial charge in [-0.1, -0.05) is 106 Å². The first-order valence-electron chi connectivity index (χ1n) is 33.6. The van der Waals surface area contributed by atoms with Crippen molar-refractivity contribution in [2.45, 2.75) is 227 Å². The van der Waals surface area contributed by atoms with Gasteiger partial charge in [0.15, 0.2) is 0 Å². The molecule has 0 aliphatic carbocycles. The molecule has 15 amide bonds.